The number of carbonyl (C=O) groups excluding carboxylic acids is 1. The van der Waals surface area contributed by atoms with Crippen LogP contribution in [0.3, 0.4) is 0 Å². The van der Waals surface area contributed by atoms with Crippen LogP contribution in [0.5, 0.6) is 0 Å². The summed E-state index contributed by atoms with van der Waals surface area (Å²) in [4.78, 5) is 21.2. The van der Waals surface area contributed by atoms with Crippen LogP contribution in [-0.4, -0.2) is 45.5 Å². The predicted molar refractivity (Wildman–Crippen MR) is 93.0 cm³/mol. The van der Waals surface area contributed by atoms with Gasteiger partial charge < -0.3 is 9.42 Å². The van der Waals surface area contributed by atoms with Gasteiger partial charge in [-0.3, -0.25) is 9.69 Å². The third kappa shape index (κ3) is 3.44. The molecule has 2 aromatic rings. The highest BCUT2D eigenvalue weighted by Gasteiger charge is 2.29. The Morgan fingerprint density at radius 2 is 1.92 bits per heavy atom. The van der Waals surface area contributed by atoms with Crippen LogP contribution in [0, 0.1) is 6.92 Å². The van der Waals surface area contributed by atoms with Gasteiger partial charge in [0, 0.05) is 32.1 Å². The third-order valence-electron chi connectivity index (χ3n) is 5.18. The highest BCUT2D eigenvalue weighted by Crippen LogP contribution is 2.31. The average Bonchev–Trinajstić information content (AvgIpc) is 3.36. The smallest absolute Gasteiger partial charge is 0.253 e. The monoisotopic (exact) mass is 340 g/mol. The molecular weight excluding hydrogens is 316 g/mol. The molecule has 0 saturated carbocycles. The first-order chi connectivity index (χ1) is 12.2. The van der Waals surface area contributed by atoms with E-state index in [9.17, 15) is 4.79 Å². The molecule has 1 aromatic heterocycles. The maximum atomic E-state index is 12.4. The molecule has 3 heterocycles. The lowest BCUT2D eigenvalue weighted by molar-refractivity contribution is 0.0793. The van der Waals surface area contributed by atoms with Crippen LogP contribution >= 0.6 is 0 Å². The molecule has 2 saturated heterocycles. The van der Waals surface area contributed by atoms with Crippen molar-refractivity contribution in [1.82, 2.24) is 19.9 Å². The van der Waals surface area contributed by atoms with E-state index in [1.54, 1.807) is 0 Å². The molecule has 0 spiro atoms. The second-order valence-corrected chi connectivity index (χ2v) is 7.00. The van der Waals surface area contributed by atoms with Crippen molar-refractivity contribution in [2.75, 3.05) is 19.6 Å². The Bertz CT molecular complexity index is 734. The number of amides is 1. The van der Waals surface area contributed by atoms with E-state index in [2.05, 4.69) is 27.2 Å². The molecule has 1 atom stereocenters. The van der Waals surface area contributed by atoms with Crippen molar-refractivity contribution in [3.05, 3.63) is 47.1 Å². The number of carbonyl (C=O) groups is 1. The maximum Gasteiger partial charge on any atom is 0.253 e. The first-order valence-corrected chi connectivity index (χ1v) is 9.13. The van der Waals surface area contributed by atoms with Gasteiger partial charge in [0.15, 0.2) is 5.82 Å². The van der Waals surface area contributed by atoms with Gasteiger partial charge in [-0.2, -0.15) is 4.98 Å². The summed E-state index contributed by atoms with van der Waals surface area (Å²) in [5, 5.41) is 4.09. The molecule has 6 nitrogen and oxygen atoms in total. The van der Waals surface area contributed by atoms with Crippen LogP contribution in [-0.2, 0) is 6.54 Å². The van der Waals surface area contributed by atoms with Gasteiger partial charge in [-0.25, -0.2) is 0 Å². The summed E-state index contributed by atoms with van der Waals surface area (Å²) in [5.74, 6) is 1.56. The van der Waals surface area contributed by atoms with Crippen molar-refractivity contribution in [1.29, 1.82) is 0 Å². The highest BCUT2D eigenvalue weighted by atomic mass is 16.5. The fraction of sp³-hybridized carbons (Fsp3) is 0.526. The average molecular weight is 340 g/mol. The van der Waals surface area contributed by atoms with Crippen molar-refractivity contribution in [3.63, 3.8) is 0 Å². The number of hydrogen-bond donors (Lipinski definition) is 0. The minimum Gasteiger partial charge on any atom is -0.340 e. The Kier molecular flexibility index (Phi) is 4.53. The number of benzene rings is 1. The normalized spacial score (nSPS) is 21.2. The molecule has 1 unspecified atom stereocenters. The lowest BCUT2D eigenvalue weighted by Crippen LogP contribution is -2.27. The molecule has 25 heavy (non-hydrogen) atoms. The molecule has 6 heteroatoms. The fourth-order valence-corrected chi connectivity index (χ4v) is 3.85. The topological polar surface area (TPSA) is 62.5 Å². The second kappa shape index (κ2) is 6.96. The lowest BCUT2D eigenvalue weighted by atomic mass is 10.1. The predicted octanol–water partition coefficient (Wildman–Crippen LogP) is 2.95. The molecule has 0 radical (unpaired) electrons. The van der Waals surface area contributed by atoms with Gasteiger partial charge in [0.05, 0.1) is 6.04 Å². The summed E-state index contributed by atoms with van der Waals surface area (Å²) >= 11 is 0. The SMILES string of the molecule is Cc1nc(C2CCCN2Cc2ccc(C(=O)N3CCCC3)cc2)no1. The van der Waals surface area contributed by atoms with Gasteiger partial charge in [-0.05, 0) is 49.9 Å². The summed E-state index contributed by atoms with van der Waals surface area (Å²) in [6, 6.07) is 8.28. The van der Waals surface area contributed by atoms with Crippen molar-refractivity contribution < 1.29 is 9.32 Å². The molecule has 0 bridgehead atoms. The van der Waals surface area contributed by atoms with Crippen molar-refractivity contribution in [3.8, 4) is 0 Å². The standard InChI is InChI=1S/C19H24N4O2/c1-14-20-18(21-25-14)17-5-4-12-23(17)13-15-6-8-16(9-7-15)19(24)22-10-2-3-11-22/h6-9,17H,2-5,10-13H2,1H3. The summed E-state index contributed by atoms with van der Waals surface area (Å²) in [7, 11) is 0. The molecule has 2 aliphatic rings. The lowest BCUT2D eigenvalue weighted by Gasteiger charge is -2.22. The zero-order valence-electron chi connectivity index (χ0n) is 14.6. The van der Waals surface area contributed by atoms with E-state index < -0.39 is 0 Å². The van der Waals surface area contributed by atoms with E-state index in [4.69, 9.17) is 4.52 Å². The summed E-state index contributed by atoms with van der Waals surface area (Å²) in [6.07, 6.45) is 4.44. The second-order valence-electron chi connectivity index (χ2n) is 7.00. The van der Waals surface area contributed by atoms with Crippen LogP contribution < -0.4 is 0 Å². The molecule has 132 valence electrons. The van der Waals surface area contributed by atoms with E-state index in [0.717, 1.165) is 63.3 Å². The summed E-state index contributed by atoms with van der Waals surface area (Å²) < 4.78 is 5.14. The largest absolute Gasteiger partial charge is 0.340 e. The van der Waals surface area contributed by atoms with Crippen LogP contribution in [0.15, 0.2) is 28.8 Å². The zero-order valence-corrected chi connectivity index (χ0v) is 14.6. The van der Waals surface area contributed by atoms with E-state index in [0.29, 0.717) is 5.89 Å². The number of rotatable bonds is 4. The molecule has 0 aliphatic carbocycles. The van der Waals surface area contributed by atoms with E-state index >= 15 is 0 Å². The van der Waals surface area contributed by atoms with Gasteiger partial charge in [0.1, 0.15) is 0 Å². The molecule has 0 N–H and O–H groups in total. The van der Waals surface area contributed by atoms with Gasteiger partial charge in [0.2, 0.25) is 5.89 Å². The van der Waals surface area contributed by atoms with E-state index in [1.807, 2.05) is 24.0 Å². The number of nitrogens with zero attached hydrogens (tertiary/aromatic N) is 4. The van der Waals surface area contributed by atoms with Gasteiger partial charge in [0.25, 0.3) is 5.91 Å². The van der Waals surface area contributed by atoms with Gasteiger partial charge in [-0.15, -0.1) is 0 Å². The summed E-state index contributed by atoms with van der Waals surface area (Å²) in [6.45, 7) is 5.48. The Morgan fingerprint density at radius 1 is 1.16 bits per heavy atom. The van der Waals surface area contributed by atoms with Crippen molar-refractivity contribution in [2.24, 2.45) is 0 Å². The molecular formula is C19H24N4O2. The number of aromatic nitrogens is 2. The number of aryl methyl sites for hydroxylation is 1. The molecule has 2 fully saturated rings. The summed E-state index contributed by atoms with van der Waals surface area (Å²) in [5.41, 5.74) is 2.00. The Balaban J connectivity index is 1.43. The van der Waals surface area contributed by atoms with Gasteiger partial charge >= 0.3 is 0 Å². The minimum absolute atomic E-state index is 0.158. The minimum atomic E-state index is 0.158. The van der Waals surface area contributed by atoms with Crippen LogP contribution in [0.1, 0.15) is 59.4 Å². The van der Waals surface area contributed by atoms with Crippen LogP contribution in [0.2, 0.25) is 0 Å². The first kappa shape index (κ1) is 16.3. The van der Waals surface area contributed by atoms with E-state index in [-0.39, 0.29) is 11.9 Å². The van der Waals surface area contributed by atoms with Crippen molar-refractivity contribution >= 4 is 5.91 Å². The number of hydrogen-bond acceptors (Lipinski definition) is 5. The van der Waals surface area contributed by atoms with Crippen LogP contribution in [0.4, 0.5) is 0 Å². The molecule has 2 aliphatic heterocycles. The van der Waals surface area contributed by atoms with Crippen molar-refractivity contribution in [2.45, 2.75) is 45.2 Å². The zero-order chi connectivity index (χ0) is 17.2. The Labute approximate surface area is 147 Å². The molecule has 1 aromatic carbocycles. The fourth-order valence-electron chi connectivity index (χ4n) is 3.85. The Morgan fingerprint density at radius 3 is 2.60 bits per heavy atom. The highest BCUT2D eigenvalue weighted by molar-refractivity contribution is 5.94. The quantitative estimate of drug-likeness (QED) is 0.856. The molecule has 1 amide bonds. The van der Waals surface area contributed by atoms with Gasteiger partial charge in [-0.1, -0.05) is 17.3 Å². The van der Waals surface area contributed by atoms with Crippen LogP contribution in [0.25, 0.3) is 0 Å². The van der Waals surface area contributed by atoms with E-state index in [1.165, 1.54) is 5.56 Å². The number of likely N-dealkylation sites (tertiary alicyclic amines) is 2. The first-order valence-electron chi connectivity index (χ1n) is 9.13. The molecule has 4 rings (SSSR count). The Hall–Kier alpha value is -2.21. The third-order valence-corrected chi connectivity index (χ3v) is 5.18. The maximum absolute atomic E-state index is 12.4.